The number of nitrogens with one attached hydrogen (secondary N) is 1. The minimum Gasteiger partial charge on any atom is -0.322 e. The summed E-state index contributed by atoms with van der Waals surface area (Å²) in [4.78, 5) is 17.3. The Hall–Kier alpha value is -2.40. The molecule has 4 nitrogen and oxygen atoms in total. The van der Waals surface area contributed by atoms with Gasteiger partial charge in [0.15, 0.2) is 0 Å². The van der Waals surface area contributed by atoms with Crippen LogP contribution < -0.4 is 5.32 Å². The van der Waals surface area contributed by atoms with Crippen LogP contribution in [0.3, 0.4) is 0 Å². The molecule has 20 heavy (non-hydrogen) atoms. The van der Waals surface area contributed by atoms with Gasteiger partial charge >= 0.3 is 0 Å². The molecule has 0 atom stereocenters. The number of carbonyl (C=O) groups is 1. The Morgan fingerprint density at radius 2 is 2.00 bits per heavy atom. The molecule has 3 aromatic heterocycles. The fourth-order valence-corrected chi connectivity index (χ4v) is 2.74. The Morgan fingerprint density at radius 1 is 1.20 bits per heavy atom. The highest BCUT2D eigenvalue weighted by atomic mass is 32.1. The standard InChI is InChI=1S/C15H13N3OS/c1-11-5-4-6-13(16-11)17-15(19)14-12(7-10-20-14)18-8-2-3-9-18/h2-10H,1H3,(H,16,17,19). The van der Waals surface area contributed by atoms with Gasteiger partial charge in [0.05, 0.1) is 5.69 Å². The van der Waals surface area contributed by atoms with Crippen LogP contribution in [0.4, 0.5) is 5.82 Å². The summed E-state index contributed by atoms with van der Waals surface area (Å²) in [5, 5.41) is 4.75. The molecule has 0 aliphatic carbocycles. The van der Waals surface area contributed by atoms with E-state index in [1.54, 1.807) is 6.07 Å². The lowest BCUT2D eigenvalue weighted by Crippen LogP contribution is -2.13. The summed E-state index contributed by atoms with van der Waals surface area (Å²) in [5.74, 6) is 0.434. The highest BCUT2D eigenvalue weighted by Gasteiger charge is 2.14. The minimum absolute atomic E-state index is 0.137. The van der Waals surface area contributed by atoms with Gasteiger partial charge in [0.1, 0.15) is 10.7 Å². The van der Waals surface area contributed by atoms with Crippen molar-refractivity contribution < 1.29 is 4.79 Å². The molecular formula is C15H13N3OS. The molecule has 0 aliphatic heterocycles. The Morgan fingerprint density at radius 3 is 2.75 bits per heavy atom. The van der Waals surface area contributed by atoms with Crippen molar-refractivity contribution in [1.29, 1.82) is 0 Å². The van der Waals surface area contributed by atoms with Crippen LogP contribution in [0.15, 0.2) is 54.2 Å². The third-order valence-electron chi connectivity index (χ3n) is 2.86. The van der Waals surface area contributed by atoms with E-state index in [0.29, 0.717) is 10.7 Å². The van der Waals surface area contributed by atoms with Gasteiger partial charge in [-0.3, -0.25) is 4.79 Å². The second-order valence-corrected chi connectivity index (χ2v) is 5.26. The van der Waals surface area contributed by atoms with Crippen LogP contribution in [-0.2, 0) is 0 Å². The average Bonchev–Trinajstić information content (AvgIpc) is 3.09. The Balaban J connectivity index is 1.87. The molecule has 0 aromatic carbocycles. The first-order chi connectivity index (χ1) is 9.74. The smallest absolute Gasteiger partial charge is 0.269 e. The third-order valence-corrected chi connectivity index (χ3v) is 3.77. The molecule has 0 fully saturated rings. The first-order valence-electron chi connectivity index (χ1n) is 6.20. The van der Waals surface area contributed by atoms with Crippen LogP contribution in [0.5, 0.6) is 0 Å². The summed E-state index contributed by atoms with van der Waals surface area (Å²) >= 11 is 1.42. The van der Waals surface area contributed by atoms with Gasteiger partial charge in [0.25, 0.3) is 5.91 Å². The van der Waals surface area contributed by atoms with Crippen LogP contribution in [-0.4, -0.2) is 15.5 Å². The molecule has 0 spiro atoms. The van der Waals surface area contributed by atoms with Gasteiger partial charge in [-0.05, 0) is 42.6 Å². The molecule has 1 amide bonds. The lowest BCUT2D eigenvalue weighted by molar-refractivity contribution is 0.103. The van der Waals surface area contributed by atoms with Crippen molar-refractivity contribution in [1.82, 2.24) is 9.55 Å². The molecule has 100 valence electrons. The van der Waals surface area contributed by atoms with E-state index in [0.717, 1.165) is 11.4 Å². The van der Waals surface area contributed by atoms with Crippen molar-refractivity contribution in [2.24, 2.45) is 0 Å². The van der Waals surface area contributed by atoms with Crippen LogP contribution in [0.2, 0.25) is 0 Å². The van der Waals surface area contributed by atoms with Gasteiger partial charge < -0.3 is 9.88 Å². The number of hydrogen-bond acceptors (Lipinski definition) is 3. The zero-order valence-electron chi connectivity index (χ0n) is 10.9. The Labute approximate surface area is 120 Å². The second-order valence-electron chi connectivity index (χ2n) is 4.34. The van der Waals surface area contributed by atoms with Crippen molar-refractivity contribution in [3.05, 3.63) is 64.7 Å². The SMILES string of the molecule is Cc1cccc(NC(=O)c2sccc2-n2cccc2)n1. The molecule has 3 rings (SSSR count). The predicted octanol–water partition coefficient (Wildman–Crippen LogP) is 3.49. The van der Waals surface area contributed by atoms with E-state index >= 15 is 0 Å². The second kappa shape index (κ2) is 5.30. The molecule has 0 aliphatic rings. The van der Waals surface area contributed by atoms with Crippen LogP contribution in [0.1, 0.15) is 15.4 Å². The fraction of sp³-hybridized carbons (Fsp3) is 0.0667. The summed E-state index contributed by atoms with van der Waals surface area (Å²) in [6.07, 6.45) is 3.84. The van der Waals surface area contributed by atoms with Crippen molar-refractivity contribution in [3.63, 3.8) is 0 Å². The number of aryl methyl sites for hydroxylation is 1. The van der Waals surface area contributed by atoms with Crippen LogP contribution in [0.25, 0.3) is 5.69 Å². The summed E-state index contributed by atoms with van der Waals surface area (Å²) < 4.78 is 1.93. The molecule has 0 bridgehead atoms. The molecule has 0 radical (unpaired) electrons. The van der Waals surface area contributed by atoms with E-state index < -0.39 is 0 Å². The first kappa shape index (κ1) is 12.6. The number of anilines is 1. The van der Waals surface area contributed by atoms with E-state index in [4.69, 9.17) is 0 Å². The normalized spacial score (nSPS) is 10.4. The van der Waals surface area contributed by atoms with Crippen molar-refractivity contribution >= 4 is 23.1 Å². The van der Waals surface area contributed by atoms with E-state index in [2.05, 4.69) is 10.3 Å². The first-order valence-corrected chi connectivity index (χ1v) is 7.08. The van der Waals surface area contributed by atoms with Gasteiger partial charge in [-0.2, -0.15) is 0 Å². The number of aromatic nitrogens is 2. The zero-order chi connectivity index (χ0) is 13.9. The summed E-state index contributed by atoms with van der Waals surface area (Å²) in [7, 11) is 0. The Kier molecular flexibility index (Phi) is 3.35. The molecule has 1 N–H and O–H groups in total. The predicted molar refractivity (Wildman–Crippen MR) is 80.6 cm³/mol. The van der Waals surface area contributed by atoms with E-state index in [-0.39, 0.29) is 5.91 Å². The molecule has 3 heterocycles. The van der Waals surface area contributed by atoms with Crippen molar-refractivity contribution in [3.8, 4) is 5.69 Å². The van der Waals surface area contributed by atoms with Gasteiger partial charge in [-0.15, -0.1) is 11.3 Å². The van der Waals surface area contributed by atoms with E-state index in [1.807, 2.05) is 59.6 Å². The Bertz CT molecular complexity index is 731. The van der Waals surface area contributed by atoms with Crippen LogP contribution >= 0.6 is 11.3 Å². The third kappa shape index (κ3) is 2.48. The van der Waals surface area contributed by atoms with Gasteiger partial charge in [-0.1, -0.05) is 6.07 Å². The number of carbonyl (C=O) groups excluding carboxylic acids is 1. The van der Waals surface area contributed by atoms with E-state index in [9.17, 15) is 4.79 Å². The molecule has 5 heteroatoms. The molecule has 3 aromatic rings. The number of pyridine rings is 1. The largest absolute Gasteiger partial charge is 0.322 e. The van der Waals surface area contributed by atoms with E-state index in [1.165, 1.54) is 11.3 Å². The number of thiophene rings is 1. The average molecular weight is 283 g/mol. The molecular weight excluding hydrogens is 270 g/mol. The highest BCUT2D eigenvalue weighted by Crippen LogP contribution is 2.22. The topological polar surface area (TPSA) is 46.9 Å². The fourth-order valence-electron chi connectivity index (χ4n) is 1.96. The number of rotatable bonds is 3. The number of amides is 1. The minimum atomic E-state index is -0.137. The maximum atomic E-state index is 12.3. The van der Waals surface area contributed by atoms with Crippen molar-refractivity contribution in [2.75, 3.05) is 5.32 Å². The molecule has 0 unspecified atom stereocenters. The maximum Gasteiger partial charge on any atom is 0.269 e. The highest BCUT2D eigenvalue weighted by molar-refractivity contribution is 7.12. The van der Waals surface area contributed by atoms with Gasteiger partial charge in [-0.25, -0.2) is 4.98 Å². The lowest BCUT2D eigenvalue weighted by atomic mass is 10.3. The zero-order valence-corrected chi connectivity index (χ0v) is 11.7. The molecule has 0 saturated carbocycles. The number of nitrogens with zero attached hydrogens (tertiary/aromatic N) is 2. The summed E-state index contributed by atoms with van der Waals surface area (Å²) in [5.41, 5.74) is 1.75. The summed E-state index contributed by atoms with van der Waals surface area (Å²) in [6.45, 7) is 1.89. The monoisotopic (exact) mass is 283 g/mol. The van der Waals surface area contributed by atoms with Crippen LogP contribution in [0, 0.1) is 6.92 Å². The van der Waals surface area contributed by atoms with Gasteiger partial charge in [0, 0.05) is 18.1 Å². The molecule has 0 saturated heterocycles. The number of hydrogen-bond donors (Lipinski definition) is 1. The quantitative estimate of drug-likeness (QED) is 0.799. The maximum absolute atomic E-state index is 12.3. The summed E-state index contributed by atoms with van der Waals surface area (Å²) in [6, 6.07) is 11.4. The lowest BCUT2D eigenvalue weighted by Gasteiger charge is -2.06. The van der Waals surface area contributed by atoms with Crippen molar-refractivity contribution in [2.45, 2.75) is 6.92 Å². The van der Waals surface area contributed by atoms with Gasteiger partial charge in [0.2, 0.25) is 0 Å².